The van der Waals surface area contributed by atoms with E-state index in [2.05, 4.69) is 17.0 Å². The van der Waals surface area contributed by atoms with Crippen LogP contribution in [0.1, 0.15) is 12.0 Å². The molecule has 6 heteroatoms. The molecule has 23 heavy (non-hydrogen) atoms. The van der Waals surface area contributed by atoms with Gasteiger partial charge in [-0.1, -0.05) is 30.3 Å². The van der Waals surface area contributed by atoms with Crippen molar-refractivity contribution in [2.45, 2.75) is 18.9 Å². The molecule has 126 valence electrons. The van der Waals surface area contributed by atoms with Crippen molar-refractivity contribution in [1.82, 2.24) is 9.80 Å². The number of hydrogen-bond acceptors (Lipinski definition) is 4. The molecular formula is C17H25N3O3. The van der Waals surface area contributed by atoms with Crippen LogP contribution in [0.5, 0.6) is 0 Å². The van der Waals surface area contributed by atoms with Gasteiger partial charge in [-0.05, 0) is 12.0 Å². The molecule has 0 aliphatic carbocycles. The molecule has 1 fully saturated rings. The van der Waals surface area contributed by atoms with Gasteiger partial charge in [-0.3, -0.25) is 14.5 Å². The van der Waals surface area contributed by atoms with Gasteiger partial charge < -0.3 is 15.4 Å². The van der Waals surface area contributed by atoms with Crippen molar-refractivity contribution in [2.24, 2.45) is 5.73 Å². The second kappa shape index (κ2) is 8.64. The summed E-state index contributed by atoms with van der Waals surface area (Å²) in [6, 6.07) is 9.73. The average molecular weight is 319 g/mol. The highest BCUT2D eigenvalue weighted by Gasteiger charge is 2.32. The molecule has 6 nitrogen and oxygen atoms in total. The van der Waals surface area contributed by atoms with Gasteiger partial charge in [0.15, 0.2) is 0 Å². The summed E-state index contributed by atoms with van der Waals surface area (Å²) in [6.07, 6.45) is 1.20. The maximum Gasteiger partial charge on any atom is 0.236 e. The summed E-state index contributed by atoms with van der Waals surface area (Å²) < 4.78 is 4.94. The molecule has 1 aromatic rings. The molecule has 1 aromatic carbocycles. The molecule has 1 atom stereocenters. The van der Waals surface area contributed by atoms with Gasteiger partial charge in [-0.25, -0.2) is 0 Å². The van der Waals surface area contributed by atoms with Gasteiger partial charge in [0.2, 0.25) is 11.8 Å². The summed E-state index contributed by atoms with van der Waals surface area (Å²) in [5.74, 6) is -0.358. The zero-order valence-electron chi connectivity index (χ0n) is 13.6. The highest BCUT2D eigenvalue weighted by atomic mass is 16.5. The molecule has 1 aliphatic heterocycles. The van der Waals surface area contributed by atoms with Crippen LogP contribution in [-0.2, 0) is 20.7 Å². The van der Waals surface area contributed by atoms with E-state index in [1.165, 1.54) is 5.56 Å². The Morgan fingerprint density at radius 1 is 1.26 bits per heavy atom. The highest BCUT2D eigenvalue weighted by molar-refractivity contribution is 5.82. The Morgan fingerprint density at radius 2 is 2.00 bits per heavy atom. The summed E-state index contributed by atoms with van der Waals surface area (Å²) in [5.41, 5.74) is 6.78. The first-order valence-electron chi connectivity index (χ1n) is 7.96. The maximum atomic E-state index is 12.1. The van der Waals surface area contributed by atoms with Gasteiger partial charge in [-0.2, -0.15) is 0 Å². The fourth-order valence-electron chi connectivity index (χ4n) is 2.85. The van der Waals surface area contributed by atoms with E-state index in [9.17, 15) is 9.59 Å². The van der Waals surface area contributed by atoms with Gasteiger partial charge in [0, 0.05) is 33.3 Å². The number of nitrogens with two attached hydrogens (primary N) is 1. The predicted molar refractivity (Wildman–Crippen MR) is 87.8 cm³/mol. The van der Waals surface area contributed by atoms with Crippen molar-refractivity contribution in [3.05, 3.63) is 35.9 Å². The third kappa shape index (κ3) is 5.04. The lowest BCUT2D eigenvalue weighted by Gasteiger charge is -2.40. The quantitative estimate of drug-likeness (QED) is 0.782. The van der Waals surface area contributed by atoms with Crippen LogP contribution in [0.25, 0.3) is 0 Å². The predicted octanol–water partition coefficient (Wildman–Crippen LogP) is 0.264. The fourth-order valence-corrected chi connectivity index (χ4v) is 2.85. The van der Waals surface area contributed by atoms with Gasteiger partial charge in [0.1, 0.15) is 6.04 Å². The van der Waals surface area contributed by atoms with Crippen LogP contribution < -0.4 is 5.73 Å². The second-order valence-electron chi connectivity index (χ2n) is 5.77. The average Bonchev–Trinajstić information content (AvgIpc) is 2.58. The normalized spacial score (nSPS) is 18.8. The highest BCUT2D eigenvalue weighted by Crippen LogP contribution is 2.12. The Hall–Kier alpha value is -1.92. The van der Waals surface area contributed by atoms with Crippen LogP contribution in [-0.4, -0.2) is 67.6 Å². The SMILES string of the molecule is COCCC(=O)N1CCN(CCc2ccccc2)[C@H](C(N)=O)C1. The summed E-state index contributed by atoms with van der Waals surface area (Å²) >= 11 is 0. The molecule has 0 saturated carbocycles. The first-order valence-corrected chi connectivity index (χ1v) is 7.96. The number of piperazine rings is 1. The number of ether oxygens (including phenoxy) is 1. The van der Waals surface area contributed by atoms with Crippen LogP contribution in [0.15, 0.2) is 30.3 Å². The Labute approximate surface area is 137 Å². The number of methoxy groups -OCH3 is 1. The molecule has 0 bridgehead atoms. The van der Waals surface area contributed by atoms with E-state index in [1.54, 1.807) is 12.0 Å². The van der Waals surface area contributed by atoms with E-state index in [0.29, 0.717) is 32.7 Å². The molecule has 1 aliphatic rings. The molecule has 0 aromatic heterocycles. The molecule has 1 saturated heterocycles. The smallest absolute Gasteiger partial charge is 0.236 e. The van der Waals surface area contributed by atoms with Crippen molar-refractivity contribution in [3.63, 3.8) is 0 Å². The molecule has 2 rings (SSSR count). The number of nitrogens with zero attached hydrogens (tertiary/aromatic N) is 2. The number of carbonyl (C=O) groups excluding carboxylic acids is 2. The van der Waals surface area contributed by atoms with Crippen LogP contribution in [0.3, 0.4) is 0 Å². The molecule has 2 N–H and O–H groups in total. The monoisotopic (exact) mass is 319 g/mol. The minimum absolute atomic E-state index is 0.0146. The standard InChI is InChI=1S/C17H25N3O3/c1-23-12-8-16(21)20-11-10-19(15(13-20)17(18)22)9-7-14-5-3-2-4-6-14/h2-6,15H,7-13H2,1H3,(H2,18,22)/t15-/m0/s1. The molecule has 0 unspecified atom stereocenters. The number of carbonyl (C=O) groups is 2. The largest absolute Gasteiger partial charge is 0.384 e. The summed E-state index contributed by atoms with van der Waals surface area (Å²) in [7, 11) is 1.57. The second-order valence-corrected chi connectivity index (χ2v) is 5.77. The van der Waals surface area contributed by atoms with E-state index in [-0.39, 0.29) is 11.8 Å². The van der Waals surface area contributed by atoms with Gasteiger partial charge >= 0.3 is 0 Å². The van der Waals surface area contributed by atoms with Crippen molar-refractivity contribution in [2.75, 3.05) is 39.9 Å². The van der Waals surface area contributed by atoms with E-state index in [4.69, 9.17) is 10.5 Å². The maximum absolute atomic E-state index is 12.1. The van der Waals surface area contributed by atoms with Gasteiger partial charge in [0.05, 0.1) is 13.0 Å². The minimum Gasteiger partial charge on any atom is -0.384 e. The van der Waals surface area contributed by atoms with Crippen molar-refractivity contribution in [3.8, 4) is 0 Å². The summed E-state index contributed by atoms with van der Waals surface area (Å²) in [5, 5.41) is 0. The third-order valence-corrected chi connectivity index (χ3v) is 4.22. The van der Waals surface area contributed by atoms with Crippen LogP contribution >= 0.6 is 0 Å². The van der Waals surface area contributed by atoms with Gasteiger partial charge in [-0.15, -0.1) is 0 Å². The molecule has 1 heterocycles. The van der Waals surface area contributed by atoms with Crippen molar-refractivity contribution in [1.29, 1.82) is 0 Å². The molecule has 2 amide bonds. The number of hydrogen-bond donors (Lipinski definition) is 1. The zero-order valence-corrected chi connectivity index (χ0v) is 13.6. The Morgan fingerprint density at radius 3 is 2.65 bits per heavy atom. The third-order valence-electron chi connectivity index (χ3n) is 4.22. The van der Waals surface area contributed by atoms with Crippen molar-refractivity contribution < 1.29 is 14.3 Å². The number of primary amides is 1. The first-order chi connectivity index (χ1) is 11.1. The number of amides is 2. The van der Waals surface area contributed by atoms with Crippen LogP contribution in [0.4, 0.5) is 0 Å². The Balaban J connectivity index is 1.91. The first kappa shape index (κ1) is 17.4. The molecule has 0 radical (unpaired) electrons. The lowest BCUT2D eigenvalue weighted by Crippen LogP contribution is -2.59. The Kier molecular flexibility index (Phi) is 6.55. The van der Waals surface area contributed by atoms with E-state index < -0.39 is 6.04 Å². The lowest BCUT2D eigenvalue weighted by atomic mass is 10.1. The summed E-state index contributed by atoms with van der Waals surface area (Å²) in [4.78, 5) is 27.7. The van der Waals surface area contributed by atoms with Crippen LogP contribution in [0.2, 0.25) is 0 Å². The van der Waals surface area contributed by atoms with Crippen molar-refractivity contribution >= 4 is 11.8 Å². The fraction of sp³-hybridized carbons (Fsp3) is 0.529. The summed E-state index contributed by atoms with van der Waals surface area (Å²) in [6.45, 7) is 2.82. The number of benzene rings is 1. The van der Waals surface area contributed by atoms with E-state index >= 15 is 0 Å². The lowest BCUT2D eigenvalue weighted by molar-refractivity contribution is -0.137. The van der Waals surface area contributed by atoms with E-state index in [1.807, 2.05) is 18.2 Å². The molecule has 0 spiro atoms. The molecular weight excluding hydrogens is 294 g/mol. The minimum atomic E-state index is -0.418. The van der Waals surface area contributed by atoms with E-state index in [0.717, 1.165) is 13.0 Å². The van der Waals surface area contributed by atoms with Crippen LogP contribution in [0, 0.1) is 0 Å². The topological polar surface area (TPSA) is 75.9 Å². The number of rotatable bonds is 7. The Bertz CT molecular complexity index is 521. The van der Waals surface area contributed by atoms with Gasteiger partial charge in [0.25, 0.3) is 0 Å². The zero-order chi connectivity index (χ0) is 16.7.